The molecule has 23 heavy (non-hydrogen) atoms. The predicted molar refractivity (Wildman–Crippen MR) is 90.9 cm³/mol. The molecule has 1 heterocycles. The van der Waals surface area contributed by atoms with Crippen LogP contribution in [0.25, 0.3) is 11.4 Å². The van der Waals surface area contributed by atoms with Gasteiger partial charge in [0.15, 0.2) is 0 Å². The van der Waals surface area contributed by atoms with E-state index in [1.165, 1.54) is 0 Å². The van der Waals surface area contributed by atoms with Gasteiger partial charge in [0, 0.05) is 15.7 Å². The van der Waals surface area contributed by atoms with E-state index in [-0.39, 0.29) is 18.2 Å². The molecule has 0 radical (unpaired) electrons. The van der Waals surface area contributed by atoms with Gasteiger partial charge in [-0.3, -0.25) is 4.79 Å². The molecule has 0 spiro atoms. The summed E-state index contributed by atoms with van der Waals surface area (Å²) in [6.07, 6.45) is 0.0331. The number of hydrogen-bond acceptors (Lipinski definition) is 4. The molecule has 0 aliphatic heterocycles. The number of halogens is 1. The molecule has 3 aromatic rings. The van der Waals surface area contributed by atoms with Crippen molar-refractivity contribution in [3.05, 3.63) is 64.5 Å². The van der Waals surface area contributed by atoms with Crippen LogP contribution in [0.4, 0.5) is 5.69 Å². The van der Waals surface area contributed by atoms with E-state index in [0.29, 0.717) is 11.5 Å². The zero-order chi connectivity index (χ0) is 16.2. The third-order valence-electron chi connectivity index (χ3n) is 3.27. The molecule has 0 aliphatic carbocycles. The van der Waals surface area contributed by atoms with E-state index in [2.05, 4.69) is 31.4 Å². The van der Waals surface area contributed by atoms with E-state index < -0.39 is 0 Å². The topological polar surface area (TPSA) is 68.0 Å². The molecule has 0 saturated carbocycles. The van der Waals surface area contributed by atoms with E-state index in [1.807, 2.05) is 55.5 Å². The van der Waals surface area contributed by atoms with Gasteiger partial charge in [0.25, 0.3) is 0 Å². The van der Waals surface area contributed by atoms with E-state index >= 15 is 0 Å². The van der Waals surface area contributed by atoms with E-state index in [1.54, 1.807) is 0 Å². The van der Waals surface area contributed by atoms with Crippen molar-refractivity contribution < 1.29 is 9.32 Å². The van der Waals surface area contributed by atoms with Crippen LogP contribution in [0.3, 0.4) is 0 Å². The second-order valence-corrected chi connectivity index (χ2v) is 5.98. The molecule has 1 amide bonds. The SMILES string of the molecule is Cc1ccccc1-c1noc(CC(=O)Nc2cccc(Br)c2)n1. The predicted octanol–water partition coefficient (Wildman–Crippen LogP) is 3.99. The summed E-state index contributed by atoms with van der Waals surface area (Å²) in [4.78, 5) is 16.3. The van der Waals surface area contributed by atoms with Gasteiger partial charge in [-0.1, -0.05) is 51.4 Å². The van der Waals surface area contributed by atoms with Gasteiger partial charge in [0.1, 0.15) is 6.42 Å². The van der Waals surface area contributed by atoms with E-state index in [4.69, 9.17) is 4.52 Å². The molecule has 0 aliphatic rings. The lowest BCUT2D eigenvalue weighted by molar-refractivity contribution is -0.115. The monoisotopic (exact) mass is 371 g/mol. The minimum atomic E-state index is -0.205. The van der Waals surface area contributed by atoms with Gasteiger partial charge < -0.3 is 9.84 Å². The molecule has 0 unspecified atom stereocenters. The Morgan fingerprint density at radius 3 is 2.83 bits per heavy atom. The van der Waals surface area contributed by atoms with Crippen LogP contribution in [-0.2, 0) is 11.2 Å². The summed E-state index contributed by atoms with van der Waals surface area (Å²) in [5.74, 6) is 0.576. The van der Waals surface area contributed by atoms with Gasteiger partial charge in [-0.2, -0.15) is 4.98 Å². The van der Waals surface area contributed by atoms with Gasteiger partial charge in [0.05, 0.1) is 0 Å². The first-order chi connectivity index (χ1) is 11.1. The van der Waals surface area contributed by atoms with Crippen LogP contribution in [-0.4, -0.2) is 16.0 Å². The van der Waals surface area contributed by atoms with Crippen LogP contribution in [0, 0.1) is 6.92 Å². The summed E-state index contributed by atoms with van der Waals surface area (Å²) < 4.78 is 6.07. The van der Waals surface area contributed by atoms with Crippen molar-refractivity contribution >= 4 is 27.5 Å². The summed E-state index contributed by atoms with van der Waals surface area (Å²) in [6, 6.07) is 15.1. The zero-order valence-corrected chi connectivity index (χ0v) is 14.0. The molecule has 6 heteroatoms. The maximum Gasteiger partial charge on any atom is 0.236 e. The number of carbonyl (C=O) groups is 1. The quantitative estimate of drug-likeness (QED) is 0.752. The Bertz CT molecular complexity index is 845. The third kappa shape index (κ3) is 3.84. The molecule has 0 saturated heterocycles. The Kier molecular flexibility index (Phi) is 4.52. The maximum absolute atomic E-state index is 12.1. The van der Waals surface area contributed by atoms with Crippen molar-refractivity contribution in [2.24, 2.45) is 0 Å². The van der Waals surface area contributed by atoms with Gasteiger partial charge in [-0.25, -0.2) is 0 Å². The minimum Gasteiger partial charge on any atom is -0.338 e. The van der Waals surface area contributed by atoms with Crippen LogP contribution in [0.2, 0.25) is 0 Å². The number of aryl methyl sites for hydroxylation is 1. The minimum absolute atomic E-state index is 0.0331. The Balaban J connectivity index is 1.69. The van der Waals surface area contributed by atoms with Crippen LogP contribution in [0.5, 0.6) is 0 Å². The summed E-state index contributed by atoms with van der Waals surface area (Å²) >= 11 is 3.36. The fraction of sp³-hybridized carbons (Fsp3) is 0.118. The number of hydrogen-bond donors (Lipinski definition) is 1. The normalized spacial score (nSPS) is 10.5. The van der Waals surface area contributed by atoms with Crippen LogP contribution in [0.1, 0.15) is 11.5 Å². The van der Waals surface area contributed by atoms with E-state index in [0.717, 1.165) is 15.6 Å². The van der Waals surface area contributed by atoms with Crippen molar-refractivity contribution in [3.8, 4) is 11.4 Å². The van der Waals surface area contributed by atoms with Crippen molar-refractivity contribution in [2.75, 3.05) is 5.32 Å². The first-order valence-corrected chi connectivity index (χ1v) is 7.85. The molecule has 1 aromatic heterocycles. The highest BCUT2D eigenvalue weighted by atomic mass is 79.9. The number of benzene rings is 2. The van der Waals surface area contributed by atoms with Gasteiger partial charge in [0.2, 0.25) is 17.6 Å². The molecule has 1 N–H and O–H groups in total. The molecule has 0 atom stereocenters. The highest BCUT2D eigenvalue weighted by Gasteiger charge is 2.13. The first-order valence-electron chi connectivity index (χ1n) is 7.06. The number of rotatable bonds is 4. The number of nitrogens with zero attached hydrogens (tertiary/aromatic N) is 2. The summed E-state index contributed by atoms with van der Waals surface area (Å²) in [6.45, 7) is 1.98. The maximum atomic E-state index is 12.1. The van der Waals surface area contributed by atoms with Crippen LogP contribution < -0.4 is 5.32 Å². The lowest BCUT2D eigenvalue weighted by atomic mass is 10.1. The molecule has 3 rings (SSSR count). The van der Waals surface area contributed by atoms with Gasteiger partial charge >= 0.3 is 0 Å². The first kappa shape index (κ1) is 15.4. The molecule has 116 valence electrons. The van der Waals surface area contributed by atoms with E-state index in [9.17, 15) is 4.79 Å². The molecule has 5 nitrogen and oxygen atoms in total. The van der Waals surface area contributed by atoms with Crippen LogP contribution >= 0.6 is 15.9 Å². The number of anilines is 1. The lowest BCUT2D eigenvalue weighted by Crippen LogP contribution is -2.14. The van der Waals surface area contributed by atoms with Crippen molar-refractivity contribution in [1.82, 2.24) is 10.1 Å². The van der Waals surface area contributed by atoms with Crippen LogP contribution in [0.15, 0.2) is 57.5 Å². The third-order valence-corrected chi connectivity index (χ3v) is 3.77. The average Bonchev–Trinajstić information content (AvgIpc) is 2.95. The smallest absolute Gasteiger partial charge is 0.236 e. The fourth-order valence-corrected chi connectivity index (χ4v) is 2.57. The molecule has 2 aromatic carbocycles. The number of aromatic nitrogens is 2. The molecular weight excluding hydrogens is 358 g/mol. The highest BCUT2D eigenvalue weighted by Crippen LogP contribution is 2.20. The highest BCUT2D eigenvalue weighted by molar-refractivity contribution is 9.10. The average molecular weight is 372 g/mol. The van der Waals surface area contributed by atoms with Gasteiger partial charge in [-0.15, -0.1) is 0 Å². The molecular formula is C17H14BrN3O2. The van der Waals surface area contributed by atoms with Crippen molar-refractivity contribution in [1.29, 1.82) is 0 Å². The van der Waals surface area contributed by atoms with Crippen molar-refractivity contribution in [3.63, 3.8) is 0 Å². The Labute approximate surface area is 141 Å². The second-order valence-electron chi connectivity index (χ2n) is 5.06. The summed E-state index contributed by atoms with van der Waals surface area (Å²) in [5.41, 5.74) is 2.66. The Hall–Kier alpha value is -2.47. The standard InChI is InChI=1S/C17H14BrN3O2/c1-11-5-2-3-8-14(11)17-20-16(23-21-17)10-15(22)19-13-7-4-6-12(18)9-13/h2-9H,10H2,1H3,(H,19,22). The summed E-state index contributed by atoms with van der Waals surface area (Å²) in [7, 11) is 0. The zero-order valence-electron chi connectivity index (χ0n) is 12.4. The largest absolute Gasteiger partial charge is 0.338 e. The Morgan fingerprint density at radius 2 is 2.04 bits per heavy atom. The lowest BCUT2D eigenvalue weighted by Gasteiger charge is -2.03. The molecule has 0 bridgehead atoms. The fourth-order valence-electron chi connectivity index (χ4n) is 2.17. The number of nitrogens with one attached hydrogen (secondary N) is 1. The van der Waals surface area contributed by atoms with Crippen molar-refractivity contribution in [2.45, 2.75) is 13.3 Å². The second kappa shape index (κ2) is 6.75. The Morgan fingerprint density at radius 1 is 1.22 bits per heavy atom. The summed E-state index contributed by atoms with van der Waals surface area (Å²) in [5, 5.41) is 6.74. The van der Waals surface area contributed by atoms with Gasteiger partial charge in [-0.05, 0) is 30.7 Å². The number of carbonyl (C=O) groups excluding carboxylic acids is 1. The number of amides is 1. The molecule has 0 fully saturated rings.